The Labute approximate surface area is 285 Å². The van der Waals surface area contributed by atoms with E-state index in [2.05, 4.69) is 49.1 Å². The summed E-state index contributed by atoms with van der Waals surface area (Å²) in [5.74, 6) is 1.85. The smallest absolute Gasteiger partial charge is 0.317 e. The molecule has 3 aliphatic rings. The van der Waals surface area contributed by atoms with Crippen LogP contribution in [0.1, 0.15) is 73.1 Å². The number of nitrogens with two attached hydrogens (primary N) is 1. The number of carbonyl (C=O) groups excluding carboxylic acids is 2. The molecule has 4 aromatic rings. The summed E-state index contributed by atoms with van der Waals surface area (Å²) in [6.07, 6.45) is 13.7. The van der Waals surface area contributed by atoms with Gasteiger partial charge in [-0.15, -0.1) is 0 Å². The molecule has 1 aliphatic carbocycles. The molecule has 1 saturated carbocycles. The molecule has 3 fully saturated rings. The standard InChI is InChI=1S/C36H41N11O2/c1-46-20-26(18-42-46)29-19-39-32(44-34(38)49)31(28(29)14-23-6-3-2-4-7-23)24-8-10-27(11-9-24)43-35-40-17-25(16-37)33(45-35)47-13-5-12-36(22-47)15-30(48)41-21-36/h2-4,6-7,17-20,24,27H,5,8-15,21-22H2,1H3,(H,41,48)(H,40,43,45)(H3,38,39,44,49). The number of carbonyl (C=O) groups is 2. The van der Waals surface area contributed by atoms with E-state index in [4.69, 9.17) is 15.7 Å². The van der Waals surface area contributed by atoms with Gasteiger partial charge >= 0.3 is 6.03 Å². The number of anilines is 3. The molecule has 1 unspecified atom stereocenters. The Hall–Kier alpha value is -5.51. The van der Waals surface area contributed by atoms with Gasteiger partial charge in [0.1, 0.15) is 17.5 Å². The lowest BCUT2D eigenvalue weighted by molar-refractivity contribution is -0.119. The number of aryl methyl sites for hydroxylation is 1. The van der Waals surface area contributed by atoms with Crippen molar-refractivity contribution in [1.29, 1.82) is 5.26 Å². The summed E-state index contributed by atoms with van der Waals surface area (Å²) in [4.78, 5) is 40.5. The van der Waals surface area contributed by atoms with Gasteiger partial charge < -0.3 is 21.3 Å². The van der Waals surface area contributed by atoms with E-state index in [1.165, 1.54) is 0 Å². The average Bonchev–Trinajstić information content (AvgIpc) is 3.69. The molecule has 0 bridgehead atoms. The fourth-order valence-corrected chi connectivity index (χ4v) is 7.92. The fourth-order valence-electron chi connectivity index (χ4n) is 7.92. The van der Waals surface area contributed by atoms with Crippen LogP contribution in [0.2, 0.25) is 0 Å². The van der Waals surface area contributed by atoms with Gasteiger partial charge in [-0.3, -0.25) is 14.8 Å². The number of rotatable bonds is 8. The first-order valence-corrected chi connectivity index (χ1v) is 17.0. The average molecular weight is 660 g/mol. The van der Waals surface area contributed by atoms with Crippen molar-refractivity contribution in [2.75, 3.05) is 35.2 Å². The molecule has 13 heteroatoms. The number of aromatic nitrogens is 5. The van der Waals surface area contributed by atoms with E-state index in [0.29, 0.717) is 49.1 Å². The molecular formula is C36H41N11O2. The molecule has 2 aliphatic heterocycles. The summed E-state index contributed by atoms with van der Waals surface area (Å²) in [5, 5.41) is 23.7. The Balaban J connectivity index is 1.13. The first-order valence-electron chi connectivity index (χ1n) is 17.0. The third-order valence-corrected chi connectivity index (χ3v) is 10.2. The Morgan fingerprint density at radius 1 is 1.14 bits per heavy atom. The number of benzene rings is 1. The predicted molar refractivity (Wildman–Crippen MR) is 186 cm³/mol. The van der Waals surface area contributed by atoms with Gasteiger partial charge in [-0.2, -0.15) is 15.3 Å². The summed E-state index contributed by atoms with van der Waals surface area (Å²) in [5.41, 5.74) is 11.2. The van der Waals surface area contributed by atoms with Crippen molar-refractivity contribution in [2.45, 2.75) is 63.3 Å². The zero-order valence-electron chi connectivity index (χ0n) is 27.7. The van der Waals surface area contributed by atoms with E-state index in [9.17, 15) is 14.9 Å². The normalized spacial score (nSPS) is 22.0. The van der Waals surface area contributed by atoms with Crippen LogP contribution in [0.3, 0.4) is 0 Å². The molecule has 252 valence electrons. The van der Waals surface area contributed by atoms with Crippen LogP contribution in [-0.2, 0) is 18.3 Å². The highest BCUT2D eigenvalue weighted by Crippen LogP contribution is 2.43. The van der Waals surface area contributed by atoms with Crippen LogP contribution in [0.15, 0.2) is 55.1 Å². The maximum atomic E-state index is 12.2. The van der Waals surface area contributed by atoms with Crippen molar-refractivity contribution in [3.05, 3.63) is 77.4 Å². The van der Waals surface area contributed by atoms with Gasteiger partial charge in [-0.05, 0) is 62.0 Å². The predicted octanol–water partition coefficient (Wildman–Crippen LogP) is 4.47. The molecule has 1 aromatic carbocycles. The summed E-state index contributed by atoms with van der Waals surface area (Å²) in [7, 11) is 1.89. The molecule has 2 saturated heterocycles. The molecule has 0 radical (unpaired) electrons. The second kappa shape index (κ2) is 13.5. The minimum atomic E-state index is -0.645. The SMILES string of the molecule is Cn1cc(-c2cnc(NC(N)=O)c(C3CCC(Nc4ncc(C#N)c(N5CCCC6(CNC(=O)C6)C5)n4)CC3)c2Cc2ccccc2)cn1. The van der Waals surface area contributed by atoms with Gasteiger partial charge in [0.05, 0.1) is 12.4 Å². The second-order valence-corrected chi connectivity index (χ2v) is 13.7. The Morgan fingerprint density at radius 3 is 2.65 bits per heavy atom. The van der Waals surface area contributed by atoms with Crippen molar-refractivity contribution in [3.63, 3.8) is 0 Å². The highest BCUT2D eigenvalue weighted by Gasteiger charge is 2.42. The molecule has 13 nitrogen and oxygen atoms in total. The topological polar surface area (TPSA) is 180 Å². The van der Waals surface area contributed by atoms with Crippen LogP contribution in [0, 0.1) is 16.7 Å². The number of nitriles is 1. The first-order chi connectivity index (χ1) is 23.8. The minimum Gasteiger partial charge on any atom is -0.355 e. The van der Waals surface area contributed by atoms with Crippen molar-refractivity contribution < 1.29 is 9.59 Å². The Bertz CT molecular complexity index is 1890. The van der Waals surface area contributed by atoms with E-state index in [1.54, 1.807) is 10.9 Å². The minimum absolute atomic E-state index is 0.0901. The summed E-state index contributed by atoms with van der Waals surface area (Å²) in [6, 6.07) is 12.0. The van der Waals surface area contributed by atoms with Crippen LogP contribution in [-0.4, -0.2) is 62.3 Å². The van der Waals surface area contributed by atoms with Crippen LogP contribution < -0.4 is 26.6 Å². The number of urea groups is 1. The quantitative estimate of drug-likeness (QED) is 0.212. The molecule has 1 spiro atoms. The maximum absolute atomic E-state index is 12.2. The van der Waals surface area contributed by atoms with Crippen LogP contribution in [0.5, 0.6) is 0 Å². The number of piperidine rings is 1. The van der Waals surface area contributed by atoms with E-state index in [1.807, 2.05) is 43.8 Å². The summed E-state index contributed by atoms with van der Waals surface area (Å²) >= 11 is 0. The number of primary amides is 1. The highest BCUT2D eigenvalue weighted by atomic mass is 16.2. The highest BCUT2D eigenvalue weighted by molar-refractivity contribution is 5.88. The maximum Gasteiger partial charge on any atom is 0.317 e. The number of pyridine rings is 1. The third-order valence-electron chi connectivity index (χ3n) is 10.2. The molecule has 49 heavy (non-hydrogen) atoms. The lowest BCUT2D eigenvalue weighted by atomic mass is 9.78. The molecular weight excluding hydrogens is 618 g/mol. The first kappa shape index (κ1) is 32.1. The third kappa shape index (κ3) is 6.90. The molecule has 1 atom stereocenters. The van der Waals surface area contributed by atoms with Crippen molar-refractivity contribution >= 4 is 29.5 Å². The largest absolute Gasteiger partial charge is 0.355 e. The monoisotopic (exact) mass is 659 g/mol. The molecule has 3 amide bonds. The zero-order valence-corrected chi connectivity index (χ0v) is 27.7. The van der Waals surface area contributed by atoms with Gasteiger partial charge in [-0.1, -0.05) is 30.3 Å². The number of nitrogens with zero attached hydrogens (tertiary/aromatic N) is 7. The summed E-state index contributed by atoms with van der Waals surface area (Å²) < 4.78 is 1.78. The number of hydrogen-bond donors (Lipinski definition) is 4. The van der Waals surface area contributed by atoms with Crippen LogP contribution >= 0.6 is 0 Å². The van der Waals surface area contributed by atoms with Gasteiger partial charge in [-0.25, -0.2) is 14.8 Å². The lowest BCUT2D eigenvalue weighted by Crippen LogP contribution is -2.45. The summed E-state index contributed by atoms with van der Waals surface area (Å²) in [6.45, 7) is 2.13. The van der Waals surface area contributed by atoms with Gasteiger partial charge in [0.25, 0.3) is 0 Å². The van der Waals surface area contributed by atoms with Crippen LogP contribution in [0.4, 0.5) is 22.4 Å². The zero-order chi connectivity index (χ0) is 34.0. The van der Waals surface area contributed by atoms with Gasteiger partial charge in [0.15, 0.2) is 5.82 Å². The van der Waals surface area contributed by atoms with Gasteiger partial charge in [0, 0.05) is 73.6 Å². The van der Waals surface area contributed by atoms with Gasteiger partial charge in [0.2, 0.25) is 11.9 Å². The van der Waals surface area contributed by atoms with Crippen molar-refractivity contribution in [3.8, 4) is 17.2 Å². The van der Waals surface area contributed by atoms with E-state index in [-0.39, 0.29) is 23.3 Å². The number of nitrogens with one attached hydrogen (secondary N) is 3. The van der Waals surface area contributed by atoms with Crippen LogP contribution in [0.25, 0.3) is 11.1 Å². The molecule has 5 N–H and O–H groups in total. The lowest BCUT2D eigenvalue weighted by Gasteiger charge is -2.40. The van der Waals surface area contributed by atoms with E-state index in [0.717, 1.165) is 72.9 Å². The second-order valence-electron chi connectivity index (χ2n) is 13.7. The molecule has 5 heterocycles. The Morgan fingerprint density at radius 2 is 1.96 bits per heavy atom. The number of hydrogen-bond acceptors (Lipinski definition) is 9. The number of amides is 3. The molecule has 7 rings (SSSR count). The van der Waals surface area contributed by atoms with E-state index < -0.39 is 6.03 Å². The Kier molecular flexibility index (Phi) is 8.86. The van der Waals surface area contributed by atoms with Crippen molar-refractivity contribution in [2.24, 2.45) is 18.2 Å². The fraction of sp³-hybridized carbons (Fsp3) is 0.417. The van der Waals surface area contributed by atoms with Crippen molar-refractivity contribution in [1.82, 2.24) is 30.0 Å². The van der Waals surface area contributed by atoms with E-state index >= 15 is 0 Å². The molecule has 3 aromatic heterocycles.